The highest BCUT2D eigenvalue weighted by molar-refractivity contribution is 6.05. The number of ketones is 1. The number of imide groups is 1. The van der Waals surface area contributed by atoms with Crippen molar-refractivity contribution < 1.29 is 28.7 Å². The third-order valence-corrected chi connectivity index (χ3v) is 4.91. The van der Waals surface area contributed by atoms with Gasteiger partial charge in [0.15, 0.2) is 12.4 Å². The van der Waals surface area contributed by atoms with Gasteiger partial charge in [0.05, 0.1) is 25.4 Å². The maximum atomic E-state index is 12.3. The van der Waals surface area contributed by atoms with Crippen molar-refractivity contribution in [3.8, 4) is 5.75 Å². The number of rotatable bonds is 7. The molecule has 3 rings (SSSR count). The smallest absolute Gasteiger partial charge is 0.308 e. The Balaban J connectivity index is 1.46. The van der Waals surface area contributed by atoms with Gasteiger partial charge in [-0.05, 0) is 37.1 Å². The lowest BCUT2D eigenvalue weighted by Gasteiger charge is -2.14. The van der Waals surface area contributed by atoms with E-state index in [0.29, 0.717) is 24.2 Å². The molecule has 0 aromatic heterocycles. The zero-order chi connectivity index (χ0) is 19.4. The summed E-state index contributed by atoms with van der Waals surface area (Å²) in [6, 6.07) is 6.47. The number of carbonyl (C=O) groups is 4. The van der Waals surface area contributed by atoms with Gasteiger partial charge in [-0.15, -0.1) is 0 Å². The predicted molar refractivity (Wildman–Crippen MR) is 95.0 cm³/mol. The van der Waals surface area contributed by atoms with Crippen molar-refractivity contribution >= 4 is 23.6 Å². The number of esters is 1. The molecular formula is C20H21NO6. The second-order valence-electron chi connectivity index (χ2n) is 6.55. The number of allylic oxidation sites excluding steroid dienone is 2. The minimum absolute atomic E-state index is 0.0137. The topological polar surface area (TPSA) is 90.0 Å². The van der Waals surface area contributed by atoms with E-state index in [0.717, 1.165) is 4.90 Å². The first-order valence-electron chi connectivity index (χ1n) is 8.84. The van der Waals surface area contributed by atoms with E-state index < -0.39 is 5.97 Å². The van der Waals surface area contributed by atoms with Crippen molar-refractivity contribution in [3.05, 3.63) is 42.0 Å². The Hall–Kier alpha value is -2.96. The monoisotopic (exact) mass is 371 g/mol. The van der Waals surface area contributed by atoms with Crippen molar-refractivity contribution in [1.29, 1.82) is 0 Å². The number of Topliss-reactive ketones (excluding diaryl/α,β-unsaturated/α-hetero) is 1. The van der Waals surface area contributed by atoms with E-state index in [1.54, 1.807) is 24.3 Å². The summed E-state index contributed by atoms with van der Waals surface area (Å²) in [5.74, 6) is -1.40. The van der Waals surface area contributed by atoms with E-state index in [2.05, 4.69) is 0 Å². The van der Waals surface area contributed by atoms with Crippen LogP contribution in [0.4, 0.5) is 0 Å². The molecule has 0 spiro atoms. The molecule has 1 fully saturated rings. The average Bonchev–Trinajstić information content (AvgIpc) is 2.95. The molecule has 7 heteroatoms. The van der Waals surface area contributed by atoms with Gasteiger partial charge in [-0.1, -0.05) is 12.2 Å². The first-order chi connectivity index (χ1) is 13.0. The molecule has 0 bridgehead atoms. The molecule has 2 aliphatic rings. The molecule has 1 aliphatic heterocycles. The van der Waals surface area contributed by atoms with Gasteiger partial charge in [-0.2, -0.15) is 0 Å². The Morgan fingerprint density at radius 1 is 1.04 bits per heavy atom. The normalized spacial score (nSPS) is 21.1. The van der Waals surface area contributed by atoms with Gasteiger partial charge < -0.3 is 9.47 Å². The lowest BCUT2D eigenvalue weighted by Crippen LogP contribution is -2.33. The molecule has 0 saturated carbocycles. The molecule has 1 heterocycles. The summed E-state index contributed by atoms with van der Waals surface area (Å²) in [5, 5.41) is 0. The van der Waals surface area contributed by atoms with Crippen LogP contribution in [0.25, 0.3) is 0 Å². The van der Waals surface area contributed by atoms with E-state index >= 15 is 0 Å². The van der Waals surface area contributed by atoms with Crippen molar-refractivity contribution in [2.24, 2.45) is 11.8 Å². The largest absolute Gasteiger partial charge is 0.497 e. The zero-order valence-corrected chi connectivity index (χ0v) is 15.1. The number of hydrogen-bond donors (Lipinski definition) is 0. The summed E-state index contributed by atoms with van der Waals surface area (Å²) in [6.45, 7) is -0.400. The fourth-order valence-corrected chi connectivity index (χ4v) is 3.37. The Morgan fingerprint density at radius 2 is 1.63 bits per heavy atom. The number of ether oxygens (including phenoxy) is 2. The van der Waals surface area contributed by atoms with Crippen LogP contribution in [-0.2, 0) is 19.1 Å². The standard InChI is InChI=1S/C20H21NO6/c1-26-14-8-6-13(7-9-14)17(22)12-27-18(23)10-11-21-19(24)15-4-2-3-5-16(15)20(21)25/h2-3,6-9,15-16H,4-5,10-12H2,1H3/t15-,16+. The van der Waals surface area contributed by atoms with E-state index in [1.165, 1.54) is 7.11 Å². The molecule has 27 heavy (non-hydrogen) atoms. The van der Waals surface area contributed by atoms with Crippen LogP contribution in [0, 0.1) is 11.8 Å². The number of methoxy groups -OCH3 is 1. The Labute approximate surface area is 156 Å². The van der Waals surface area contributed by atoms with Crippen LogP contribution >= 0.6 is 0 Å². The highest BCUT2D eigenvalue weighted by Gasteiger charge is 2.46. The van der Waals surface area contributed by atoms with E-state index in [9.17, 15) is 19.2 Å². The molecule has 1 saturated heterocycles. The van der Waals surface area contributed by atoms with Gasteiger partial charge in [0, 0.05) is 12.1 Å². The average molecular weight is 371 g/mol. The quantitative estimate of drug-likeness (QED) is 0.314. The first kappa shape index (κ1) is 18.8. The van der Waals surface area contributed by atoms with Gasteiger partial charge in [-0.25, -0.2) is 0 Å². The summed E-state index contributed by atoms with van der Waals surface area (Å²) < 4.78 is 10.0. The van der Waals surface area contributed by atoms with E-state index in [4.69, 9.17) is 9.47 Å². The number of benzene rings is 1. The van der Waals surface area contributed by atoms with Crippen molar-refractivity contribution in [1.82, 2.24) is 4.90 Å². The predicted octanol–water partition coefficient (Wildman–Crippen LogP) is 1.76. The zero-order valence-electron chi connectivity index (χ0n) is 15.1. The van der Waals surface area contributed by atoms with Gasteiger partial charge >= 0.3 is 5.97 Å². The highest BCUT2D eigenvalue weighted by atomic mass is 16.5. The molecule has 0 unspecified atom stereocenters. The fraction of sp³-hybridized carbons (Fsp3) is 0.400. The molecule has 2 atom stereocenters. The van der Waals surface area contributed by atoms with Crippen LogP contribution in [0.5, 0.6) is 5.75 Å². The van der Waals surface area contributed by atoms with E-state index in [-0.39, 0.29) is 49.0 Å². The minimum Gasteiger partial charge on any atom is -0.497 e. The Morgan fingerprint density at radius 3 is 2.19 bits per heavy atom. The Kier molecular flexibility index (Phi) is 5.69. The number of nitrogens with zero attached hydrogens (tertiary/aromatic N) is 1. The van der Waals surface area contributed by atoms with Crippen molar-refractivity contribution in [3.63, 3.8) is 0 Å². The number of fused-ring (bicyclic) bond motifs is 1. The molecule has 2 amide bonds. The molecule has 1 aromatic carbocycles. The maximum absolute atomic E-state index is 12.3. The molecule has 0 radical (unpaired) electrons. The van der Waals surface area contributed by atoms with Crippen LogP contribution in [-0.4, -0.2) is 48.7 Å². The third-order valence-electron chi connectivity index (χ3n) is 4.91. The number of hydrogen-bond acceptors (Lipinski definition) is 6. The highest BCUT2D eigenvalue weighted by Crippen LogP contribution is 2.34. The van der Waals surface area contributed by atoms with Crippen molar-refractivity contribution in [2.45, 2.75) is 19.3 Å². The molecule has 1 aliphatic carbocycles. The second-order valence-corrected chi connectivity index (χ2v) is 6.55. The molecule has 7 nitrogen and oxygen atoms in total. The van der Waals surface area contributed by atoms with Crippen LogP contribution < -0.4 is 4.74 Å². The lowest BCUT2D eigenvalue weighted by atomic mass is 9.85. The number of likely N-dealkylation sites (tertiary alicyclic amines) is 1. The second kappa shape index (κ2) is 8.16. The fourth-order valence-electron chi connectivity index (χ4n) is 3.37. The SMILES string of the molecule is COc1ccc(C(=O)COC(=O)CCN2C(=O)[C@H]3CC=CC[C@H]3C2=O)cc1. The number of carbonyl (C=O) groups excluding carboxylic acids is 4. The van der Waals surface area contributed by atoms with E-state index in [1.807, 2.05) is 12.2 Å². The summed E-state index contributed by atoms with van der Waals surface area (Å²) in [4.78, 5) is 49.7. The maximum Gasteiger partial charge on any atom is 0.308 e. The van der Waals surface area contributed by atoms with Crippen LogP contribution in [0.2, 0.25) is 0 Å². The molecule has 0 N–H and O–H groups in total. The first-order valence-corrected chi connectivity index (χ1v) is 8.84. The summed E-state index contributed by atoms with van der Waals surface area (Å²) in [5.41, 5.74) is 0.407. The molecule has 142 valence electrons. The summed E-state index contributed by atoms with van der Waals surface area (Å²) in [6.07, 6.45) is 4.82. The van der Waals surface area contributed by atoms with Crippen LogP contribution in [0.1, 0.15) is 29.6 Å². The lowest BCUT2D eigenvalue weighted by molar-refractivity contribution is -0.145. The Bertz CT molecular complexity index is 756. The van der Waals surface area contributed by atoms with Crippen LogP contribution in [0.3, 0.4) is 0 Å². The van der Waals surface area contributed by atoms with Gasteiger partial charge in [0.25, 0.3) is 0 Å². The molecular weight excluding hydrogens is 350 g/mol. The van der Waals surface area contributed by atoms with Crippen LogP contribution in [0.15, 0.2) is 36.4 Å². The molecule has 1 aromatic rings. The van der Waals surface area contributed by atoms with Gasteiger partial charge in [-0.3, -0.25) is 24.1 Å². The summed E-state index contributed by atoms with van der Waals surface area (Å²) >= 11 is 0. The van der Waals surface area contributed by atoms with Gasteiger partial charge in [0.2, 0.25) is 11.8 Å². The minimum atomic E-state index is -0.620. The van der Waals surface area contributed by atoms with Gasteiger partial charge in [0.1, 0.15) is 5.75 Å². The summed E-state index contributed by atoms with van der Waals surface area (Å²) in [7, 11) is 1.53. The number of amides is 2. The third kappa shape index (κ3) is 4.07. The van der Waals surface area contributed by atoms with Crippen molar-refractivity contribution in [2.75, 3.05) is 20.3 Å².